The summed E-state index contributed by atoms with van der Waals surface area (Å²) in [5.74, 6) is -0.145. The summed E-state index contributed by atoms with van der Waals surface area (Å²) in [6, 6.07) is 7.23. The molecule has 2 heteroatoms. The van der Waals surface area contributed by atoms with Gasteiger partial charge in [0.25, 0.3) is 0 Å². The molecule has 0 amide bonds. The largest absolute Gasteiger partial charge is 0.296 e. The number of hydrogen-bond donors (Lipinski definition) is 0. The minimum Gasteiger partial charge on any atom is -0.296 e. The number of piperidine rings is 1. The smallest absolute Gasteiger partial charge is 0.123 e. The fourth-order valence-corrected chi connectivity index (χ4v) is 2.50. The van der Waals surface area contributed by atoms with Crippen LogP contribution in [0.2, 0.25) is 0 Å². The number of halogens is 1. The van der Waals surface area contributed by atoms with Crippen molar-refractivity contribution in [1.29, 1.82) is 0 Å². The first-order valence-corrected chi connectivity index (χ1v) is 6.10. The quantitative estimate of drug-likeness (QED) is 0.752. The molecule has 1 aromatic carbocycles. The van der Waals surface area contributed by atoms with E-state index in [0.29, 0.717) is 0 Å². The van der Waals surface area contributed by atoms with E-state index in [4.69, 9.17) is 0 Å². The highest BCUT2D eigenvalue weighted by atomic mass is 19.1. The molecule has 1 fully saturated rings. The van der Waals surface area contributed by atoms with Crippen molar-refractivity contribution in [2.24, 2.45) is 0 Å². The van der Waals surface area contributed by atoms with Gasteiger partial charge in [-0.15, -0.1) is 0 Å². The van der Waals surface area contributed by atoms with Crippen LogP contribution in [0, 0.1) is 12.7 Å². The molecule has 1 aliphatic heterocycles. The van der Waals surface area contributed by atoms with Gasteiger partial charge in [-0.2, -0.15) is 0 Å². The maximum Gasteiger partial charge on any atom is 0.123 e. The molecule has 0 aliphatic carbocycles. The van der Waals surface area contributed by atoms with Crippen molar-refractivity contribution in [3.05, 3.63) is 42.6 Å². The van der Waals surface area contributed by atoms with Gasteiger partial charge in [-0.1, -0.05) is 25.5 Å². The fourth-order valence-electron chi connectivity index (χ4n) is 2.50. The predicted octanol–water partition coefficient (Wildman–Crippen LogP) is 3.58. The van der Waals surface area contributed by atoms with Crippen LogP contribution in [-0.4, -0.2) is 18.0 Å². The van der Waals surface area contributed by atoms with Crippen LogP contribution in [0.15, 0.2) is 24.3 Å². The van der Waals surface area contributed by atoms with E-state index in [1.807, 2.05) is 6.07 Å². The van der Waals surface area contributed by atoms with Crippen LogP contribution in [0.1, 0.15) is 37.3 Å². The Kier molecular flexibility index (Phi) is 3.94. The van der Waals surface area contributed by atoms with Gasteiger partial charge in [0.05, 0.1) is 0 Å². The maximum absolute atomic E-state index is 13.2. The molecule has 0 aromatic heterocycles. The lowest BCUT2D eigenvalue weighted by Crippen LogP contribution is -2.33. The molecular formula is C14H19FN. The molecule has 1 radical (unpaired) electrons. The first-order chi connectivity index (χ1) is 7.81. The molecule has 0 bridgehead atoms. The van der Waals surface area contributed by atoms with Crippen molar-refractivity contribution in [2.75, 3.05) is 13.1 Å². The Labute approximate surface area is 97.3 Å². The zero-order valence-corrected chi connectivity index (χ0v) is 9.66. The van der Waals surface area contributed by atoms with E-state index in [9.17, 15) is 4.39 Å². The highest BCUT2D eigenvalue weighted by molar-refractivity contribution is 5.20. The molecule has 1 saturated heterocycles. The lowest BCUT2D eigenvalue weighted by Gasteiger charge is -2.34. The first kappa shape index (κ1) is 11.6. The number of rotatable bonds is 3. The van der Waals surface area contributed by atoms with Gasteiger partial charge >= 0.3 is 0 Å². The van der Waals surface area contributed by atoms with E-state index in [0.717, 1.165) is 25.1 Å². The van der Waals surface area contributed by atoms with E-state index >= 15 is 0 Å². The molecule has 1 unspecified atom stereocenters. The summed E-state index contributed by atoms with van der Waals surface area (Å²) in [5, 5.41) is 0. The van der Waals surface area contributed by atoms with E-state index in [1.54, 1.807) is 12.1 Å². The average molecular weight is 220 g/mol. The van der Waals surface area contributed by atoms with Crippen molar-refractivity contribution in [3.8, 4) is 0 Å². The molecule has 1 nitrogen and oxygen atoms in total. The van der Waals surface area contributed by atoms with E-state index in [-0.39, 0.29) is 11.9 Å². The van der Waals surface area contributed by atoms with E-state index in [2.05, 4.69) is 11.8 Å². The summed E-state index contributed by atoms with van der Waals surface area (Å²) in [5.41, 5.74) is 1.07. The van der Waals surface area contributed by atoms with Gasteiger partial charge in [-0.3, -0.25) is 4.90 Å². The van der Waals surface area contributed by atoms with Crippen molar-refractivity contribution >= 4 is 0 Å². The van der Waals surface area contributed by atoms with E-state index in [1.165, 1.54) is 25.3 Å². The minimum atomic E-state index is -0.145. The number of nitrogens with zero attached hydrogens (tertiary/aromatic N) is 1. The lowest BCUT2D eigenvalue weighted by molar-refractivity contribution is 0.163. The van der Waals surface area contributed by atoms with Crippen LogP contribution in [-0.2, 0) is 0 Å². The number of likely N-dealkylation sites (tertiary alicyclic amines) is 1. The Morgan fingerprint density at radius 1 is 1.25 bits per heavy atom. The van der Waals surface area contributed by atoms with Crippen molar-refractivity contribution < 1.29 is 4.39 Å². The van der Waals surface area contributed by atoms with Gasteiger partial charge in [0.2, 0.25) is 0 Å². The maximum atomic E-state index is 13.2. The Balaban J connectivity index is 2.14. The van der Waals surface area contributed by atoms with Crippen LogP contribution >= 0.6 is 0 Å². The number of hydrogen-bond acceptors (Lipinski definition) is 1. The number of benzene rings is 1. The molecule has 1 atom stereocenters. The molecule has 1 heterocycles. The second-order valence-electron chi connectivity index (χ2n) is 4.46. The van der Waals surface area contributed by atoms with Crippen molar-refractivity contribution in [1.82, 2.24) is 4.90 Å². The molecule has 1 aromatic rings. The summed E-state index contributed by atoms with van der Waals surface area (Å²) >= 11 is 0. The van der Waals surface area contributed by atoms with Crippen LogP contribution in [0.4, 0.5) is 4.39 Å². The van der Waals surface area contributed by atoms with Crippen LogP contribution < -0.4 is 0 Å². The normalized spacial score (nSPS) is 19.6. The Morgan fingerprint density at radius 3 is 2.62 bits per heavy atom. The topological polar surface area (TPSA) is 3.24 Å². The molecular weight excluding hydrogens is 201 g/mol. The molecule has 16 heavy (non-hydrogen) atoms. The fraction of sp³-hybridized carbons (Fsp3) is 0.500. The molecule has 87 valence electrons. The molecule has 2 rings (SSSR count). The van der Waals surface area contributed by atoms with Crippen LogP contribution in [0.5, 0.6) is 0 Å². The third-order valence-corrected chi connectivity index (χ3v) is 3.34. The standard InChI is InChI=1S/C14H19FN/c1-2-14(16-9-4-3-5-10-16)12-7-6-8-13(15)11-12/h6-8,11,14H,1-5,9-10H2. The van der Waals surface area contributed by atoms with Crippen LogP contribution in [0.25, 0.3) is 0 Å². The van der Waals surface area contributed by atoms with Gasteiger partial charge in [0, 0.05) is 6.04 Å². The highest BCUT2D eigenvalue weighted by Crippen LogP contribution is 2.27. The third-order valence-electron chi connectivity index (χ3n) is 3.34. The average Bonchev–Trinajstić information content (AvgIpc) is 2.31. The SMILES string of the molecule is [CH2]CC(c1cccc(F)c1)N1CCCCC1. The minimum absolute atomic E-state index is 0.145. The summed E-state index contributed by atoms with van der Waals surface area (Å²) in [6.45, 7) is 6.25. The van der Waals surface area contributed by atoms with Gasteiger partial charge < -0.3 is 0 Å². The Bertz CT molecular complexity index is 331. The molecule has 1 aliphatic rings. The van der Waals surface area contributed by atoms with Gasteiger partial charge in [0.15, 0.2) is 0 Å². The zero-order chi connectivity index (χ0) is 11.4. The predicted molar refractivity (Wildman–Crippen MR) is 64.5 cm³/mol. The summed E-state index contributed by atoms with van der Waals surface area (Å²) < 4.78 is 13.2. The van der Waals surface area contributed by atoms with Gasteiger partial charge in [-0.05, 0) is 50.0 Å². The lowest BCUT2D eigenvalue weighted by atomic mass is 9.99. The Hall–Kier alpha value is -0.890. The van der Waals surface area contributed by atoms with Gasteiger partial charge in [0.1, 0.15) is 5.82 Å². The van der Waals surface area contributed by atoms with Crippen molar-refractivity contribution in [2.45, 2.75) is 31.7 Å². The second kappa shape index (κ2) is 5.44. The third kappa shape index (κ3) is 2.62. The van der Waals surface area contributed by atoms with Crippen molar-refractivity contribution in [3.63, 3.8) is 0 Å². The summed E-state index contributed by atoms with van der Waals surface area (Å²) in [7, 11) is 0. The second-order valence-corrected chi connectivity index (χ2v) is 4.46. The first-order valence-electron chi connectivity index (χ1n) is 6.10. The Morgan fingerprint density at radius 2 is 2.00 bits per heavy atom. The molecule has 0 spiro atoms. The van der Waals surface area contributed by atoms with Gasteiger partial charge in [-0.25, -0.2) is 4.39 Å². The monoisotopic (exact) mass is 220 g/mol. The van der Waals surface area contributed by atoms with E-state index < -0.39 is 0 Å². The van der Waals surface area contributed by atoms with Crippen LogP contribution in [0.3, 0.4) is 0 Å². The molecule has 0 saturated carbocycles. The zero-order valence-electron chi connectivity index (χ0n) is 9.66. The summed E-state index contributed by atoms with van der Waals surface area (Å²) in [4.78, 5) is 2.44. The highest BCUT2D eigenvalue weighted by Gasteiger charge is 2.20. The summed E-state index contributed by atoms with van der Waals surface area (Å²) in [6.07, 6.45) is 4.64. The molecule has 0 N–H and O–H groups in total.